The monoisotopic (exact) mass is 477 g/mol. The molecule has 2 heterocycles. The maximum atomic E-state index is 12.6. The lowest BCUT2D eigenvalue weighted by Gasteiger charge is -2.13. The summed E-state index contributed by atoms with van der Waals surface area (Å²) < 4.78 is 5.11. The Hall–Kier alpha value is -2.17. The van der Waals surface area contributed by atoms with Gasteiger partial charge in [0.25, 0.3) is 11.1 Å². The van der Waals surface area contributed by atoms with Crippen LogP contribution in [-0.4, -0.2) is 52.2 Å². The Labute approximate surface area is 193 Å². The van der Waals surface area contributed by atoms with Crippen molar-refractivity contribution >= 4 is 58.4 Å². The number of rotatable bonds is 9. The number of amides is 3. The fourth-order valence-corrected chi connectivity index (χ4v) is 5.14. The molecule has 1 N–H and O–H groups in total. The number of carbonyl (C=O) groups is 3. The van der Waals surface area contributed by atoms with Gasteiger partial charge in [-0.05, 0) is 55.6 Å². The van der Waals surface area contributed by atoms with Gasteiger partial charge in [-0.1, -0.05) is 17.3 Å². The normalized spacial score (nSPS) is 15.2. The fraction of sp³-hybridized carbons (Fsp3) is 0.333. The molecule has 164 valence electrons. The standard InChI is InChI=1S/C21H23N3O4S3/c1-13-17(14(2)28-23-13)11-30-12-19(25)22-8-9-24-20(26)18(31-21(24)27)10-15-4-6-16(29-3)7-5-15/h4-7,10H,8-9,11-12H2,1-3H3,(H,22,25)/b18-10+. The summed E-state index contributed by atoms with van der Waals surface area (Å²) >= 11 is 4.02. The van der Waals surface area contributed by atoms with Gasteiger partial charge >= 0.3 is 0 Å². The molecule has 0 saturated carbocycles. The zero-order valence-electron chi connectivity index (χ0n) is 17.5. The molecule has 3 rings (SSSR count). The van der Waals surface area contributed by atoms with Gasteiger partial charge in [-0.2, -0.15) is 0 Å². The van der Waals surface area contributed by atoms with Gasteiger partial charge in [0.05, 0.1) is 16.4 Å². The Morgan fingerprint density at radius 1 is 1.26 bits per heavy atom. The predicted octanol–water partition coefficient (Wildman–Crippen LogP) is 4.10. The van der Waals surface area contributed by atoms with Gasteiger partial charge in [0, 0.05) is 29.3 Å². The van der Waals surface area contributed by atoms with Gasteiger partial charge in [0.2, 0.25) is 5.91 Å². The van der Waals surface area contributed by atoms with Crippen LogP contribution in [0.2, 0.25) is 0 Å². The maximum absolute atomic E-state index is 12.6. The van der Waals surface area contributed by atoms with Crippen molar-refractivity contribution in [3.05, 3.63) is 51.8 Å². The molecule has 3 amide bonds. The van der Waals surface area contributed by atoms with Crippen molar-refractivity contribution in [1.82, 2.24) is 15.4 Å². The first kappa shape index (κ1) is 23.5. The topological polar surface area (TPSA) is 92.5 Å². The molecule has 0 spiro atoms. The van der Waals surface area contributed by atoms with Crippen LogP contribution in [0.1, 0.15) is 22.6 Å². The van der Waals surface area contributed by atoms with Crippen LogP contribution in [0.15, 0.2) is 38.6 Å². The van der Waals surface area contributed by atoms with Crippen molar-refractivity contribution < 1.29 is 18.9 Å². The zero-order valence-corrected chi connectivity index (χ0v) is 19.9. The van der Waals surface area contributed by atoms with Gasteiger partial charge in [0.1, 0.15) is 5.76 Å². The first-order valence-electron chi connectivity index (χ1n) is 9.54. The van der Waals surface area contributed by atoms with Crippen molar-refractivity contribution in [3.8, 4) is 0 Å². The van der Waals surface area contributed by atoms with E-state index in [-0.39, 0.29) is 35.9 Å². The van der Waals surface area contributed by atoms with Crippen LogP contribution < -0.4 is 5.32 Å². The quantitative estimate of drug-likeness (QED) is 0.426. The lowest BCUT2D eigenvalue weighted by atomic mass is 10.2. The molecule has 0 unspecified atom stereocenters. The van der Waals surface area contributed by atoms with E-state index in [2.05, 4.69) is 10.5 Å². The summed E-state index contributed by atoms with van der Waals surface area (Å²) in [5.41, 5.74) is 2.70. The van der Waals surface area contributed by atoms with Gasteiger partial charge < -0.3 is 9.84 Å². The van der Waals surface area contributed by atoms with E-state index in [0.717, 1.165) is 39.2 Å². The van der Waals surface area contributed by atoms with E-state index in [1.807, 2.05) is 44.4 Å². The molecule has 1 aliphatic rings. The van der Waals surface area contributed by atoms with Crippen LogP contribution in [0.3, 0.4) is 0 Å². The summed E-state index contributed by atoms with van der Waals surface area (Å²) in [6.45, 7) is 4.09. The van der Waals surface area contributed by atoms with E-state index in [9.17, 15) is 14.4 Å². The molecular formula is C21H23N3O4S3. The highest BCUT2D eigenvalue weighted by molar-refractivity contribution is 8.18. The molecule has 7 nitrogen and oxygen atoms in total. The SMILES string of the molecule is CSc1ccc(/C=C2/SC(=O)N(CCNC(=O)CSCc3c(C)noc3C)C2=O)cc1. The van der Waals surface area contributed by atoms with Crippen LogP contribution in [-0.2, 0) is 15.3 Å². The Morgan fingerprint density at radius 3 is 2.65 bits per heavy atom. The van der Waals surface area contributed by atoms with Crippen LogP contribution in [0, 0.1) is 13.8 Å². The second kappa shape index (κ2) is 10.9. The van der Waals surface area contributed by atoms with E-state index in [0.29, 0.717) is 10.7 Å². The van der Waals surface area contributed by atoms with Crippen molar-refractivity contribution in [2.75, 3.05) is 25.1 Å². The zero-order chi connectivity index (χ0) is 22.4. The molecule has 0 radical (unpaired) electrons. The summed E-state index contributed by atoms with van der Waals surface area (Å²) in [5, 5.41) is 6.34. The van der Waals surface area contributed by atoms with Gasteiger partial charge in [0.15, 0.2) is 0 Å². The lowest BCUT2D eigenvalue weighted by molar-refractivity contribution is -0.123. The van der Waals surface area contributed by atoms with Crippen molar-refractivity contribution in [2.24, 2.45) is 0 Å². The first-order chi connectivity index (χ1) is 14.9. The molecule has 1 fully saturated rings. The number of hydrogen-bond donors (Lipinski definition) is 1. The largest absolute Gasteiger partial charge is 0.361 e. The Bertz CT molecular complexity index is 982. The Kier molecular flexibility index (Phi) is 8.28. The summed E-state index contributed by atoms with van der Waals surface area (Å²) in [7, 11) is 0. The molecule has 0 bridgehead atoms. The average molecular weight is 478 g/mol. The maximum Gasteiger partial charge on any atom is 0.293 e. The Morgan fingerprint density at radius 2 is 2.00 bits per heavy atom. The molecular weight excluding hydrogens is 454 g/mol. The third kappa shape index (κ3) is 6.18. The van der Waals surface area contributed by atoms with Crippen molar-refractivity contribution in [2.45, 2.75) is 24.5 Å². The van der Waals surface area contributed by atoms with E-state index in [1.165, 1.54) is 16.7 Å². The van der Waals surface area contributed by atoms with Gasteiger partial charge in [-0.15, -0.1) is 23.5 Å². The van der Waals surface area contributed by atoms with Crippen molar-refractivity contribution in [3.63, 3.8) is 0 Å². The van der Waals surface area contributed by atoms with E-state index in [1.54, 1.807) is 17.8 Å². The summed E-state index contributed by atoms with van der Waals surface area (Å²) in [6.07, 6.45) is 3.72. The predicted molar refractivity (Wildman–Crippen MR) is 126 cm³/mol. The number of thioether (sulfide) groups is 3. The second-order valence-electron chi connectivity index (χ2n) is 6.75. The minimum absolute atomic E-state index is 0.145. The number of carbonyl (C=O) groups excluding carboxylic acids is 3. The molecule has 0 aliphatic carbocycles. The molecule has 2 aromatic rings. The highest BCUT2D eigenvalue weighted by atomic mass is 32.2. The number of aromatic nitrogens is 1. The molecule has 1 aromatic carbocycles. The van der Waals surface area contributed by atoms with E-state index < -0.39 is 0 Å². The summed E-state index contributed by atoms with van der Waals surface area (Å²) in [6, 6.07) is 7.78. The molecule has 1 aliphatic heterocycles. The second-order valence-corrected chi connectivity index (χ2v) is 9.61. The smallest absolute Gasteiger partial charge is 0.293 e. The number of nitrogens with zero attached hydrogens (tertiary/aromatic N) is 2. The summed E-state index contributed by atoms with van der Waals surface area (Å²) in [5.74, 6) is 1.20. The fourth-order valence-electron chi connectivity index (χ4n) is 2.86. The number of benzene rings is 1. The van der Waals surface area contributed by atoms with Crippen LogP contribution >= 0.6 is 35.3 Å². The van der Waals surface area contributed by atoms with E-state index in [4.69, 9.17) is 4.52 Å². The lowest BCUT2D eigenvalue weighted by Crippen LogP contribution is -2.37. The van der Waals surface area contributed by atoms with Crippen LogP contribution in [0.25, 0.3) is 6.08 Å². The number of hydrogen-bond acceptors (Lipinski definition) is 8. The molecule has 31 heavy (non-hydrogen) atoms. The van der Waals surface area contributed by atoms with Gasteiger partial charge in [-0.3, -0.25) is 19.3 Å². The third-order valence-electron chi connectivity index (χ3n) is 4.61. The molecule has 1 aromatic heterocycles. The first-order valence-corrected chi connectivity index (χ1v) is 12.7. The number of nitrogens with one attached hydrogen (secondary N) is 1. The average Bonchev–Trinajstić information content (AvgIpc) is 3.21. The van der Waals surface area contributed by atoms with Crippen LogP contribution in [0.4, 0.5) is 4.79 Å². The highest BCUT2D eigenvalue weighted by Gasteiger charge is 2.34. The number of imide groups is 1. The van der Waals surface area contributed by atoms with Gasteiger partial charge in [-0.25, -0.2) is 0 Å². The van der Waals surface area contributed by atoms with Crippen LogP contribution in [0.5, 0.6) is 0 Å². The molecule has 10 heteroatoms. The molecule has 0 atom stereocenters. The van der Waals surface area contributed by atoms with E-state index >= 15 is 0 Å². The minimum atomic E-state index is -0.328. The minimum Gasteiger partial charge on any atom is -0.361 e. The highest BCUT2D eigenvalue weighted by Crippen LogP contribution is 2.32. The summed E-state index contributed by atoms with van der Waals surface area (Å²) in [4.78, 5) is 39.5. The van der Waals surface area contributed by atoms with Crippen molar-refractivity contribution in [1.29, 1.82) is 0 Å². The molecule has 1 saturated heterocycles. The Balaban J connectivity index is 1.44. The number of aryl methyl sites for hydroxylation is 2. The third-order valence-corrected chi connectivity index (χ3v) is 7.22.